The van der Waals surface area contributed by atoms with E-state index in [9.17, 15) is 9.59 Å². The van der Waals surface area contributed by atoms with Crippen molar-refractivity contribution < 1.29 is 4.79 Å². The summed E-state index contributed by atoms with van der Waals surface area (Å²) in [6, 6.07) is 11.9. The molecule has 10 heteroatoms. The van der Waals surface area contributed by atoms with E-state index in [1.807, 2.05) is 12.1 Å². The van der Waals surface area contributed by atoms with Crippen LogP contribution in [0.15, 0.2) is 51.7 Å². The van der Waals surface area contributed by atoms with Gasteiger partial charge in [-0.3, -0.25) is 4.79 Å². The summed E-state index contributed by atoms with van der Waals surface area (Å²) in [5.74, 6) is -0.532. The summed E-state index contributed by atoms with van der Waals surface area (Å²) < 4.78 is 2.16. The second kappa shape index (κ2) is 7.05. The van der Waals surface area contributed by atoms with Gasteiger partial charge in [-0.25, -0.2) is 19.3 Å². The zero-order valence-electron chi connectivity index (χ0n) is 13.9. The quantitative estimate of drug-likeness (QED) is 0.464. The second-order valence-corrected chi connectivity index (χ2v) is 7.56. The number of H-pyrrole nitrogens is 1. The van der Waals surface area contributed by atoms with Crippen molar-refractivity contribution in [1.29, 1.82) is 0 Å². The molecule has 0 aliphatic rings. The van der Waals surface area contributed by atoms with Crippen molar-refractivity contribution in [3.8, 4) is 17.1 Å². The van der Waals surface area contributed by atoms with Gasteiger partial charge in [0.2, 0.25) is 0 Å². The average molecular weight is 479 g/mol. The Morgan fingerprint density at radius 1 is 1.07 bits per heavy atom. The van der Waals surface area contributed by atoms with E-state index in [2.05, 4.69) is 30.9 Å². The summed E-state index contributed by atoms with van der Waals surface area (Å²) in [5.41, 5.74) is 6.32. The van der Waals surface area contributed by atoms with Crippen LogP contribution >= 0.6 is 39.1 Å². The van der Waals surface area contributed by atoms with E-state index in [1.165, 1.54) is 10.6 Å². The molecule has 0 saturated carbocycles. The molecule has 2 aromatic carbocycles. The molecular formula is C18H10BrCl2N5O2. The van der Waals surface area contributed by atoms with Crippen LogP contribution in [0.1, 0.15) is 10.5 Å². The SMILES string of the molecule is NC(=O)c1nc(-c2ccc(Br)cc2)nc2c1[nH]c(=O)n2-c1ccc(Cl)c(Cl)c1. The maximum Gasteiger partial charge on any atom is 0.332 e. The van der Waals surface area contributed by atoms with Crippen molar-refractivity contribution >= 4 is 56.2 Å². The molecule has 7 nitrogen and oxygen atoms in total. The minimum Gasteiger partial charge on any atom is -0.364 e. The Labute approximate surface area is 176 Å². The van der Waals surface area contributed by atoms with Crippen LogP contribution < -0.4 is 11.4 Å². The van der Waals surface area contributed by atoms with Crippen LogP contribution in [-0.4, -0.2) is 25.4 Å². The highest BCUT2D eigenvalue weighted by molar-refractivity contribution is 9.10. The zero-order valence-corrected chi connectivity index (χ0v) is 17.0. The summed E-state index contributed by atoms with van der Waals surface area (Å²) in [5, 5.41) is 0.624. The number of nitrogens with one attached hydrogen (secondary N) is 1. The highest BCUT2D eigenvalue weighted by atomic mass is 79.9. The Kier molecular flexibility index (Phi) is 4.70. The number of aromatic amines is 1. The van der Waals surface area contributed by atoms with Crippen LogP contribution in [0.25, 0.3) is 28.2 Å². The number of aromatic nitrogens is 4. The fraction of sp³-hybridized carbons (Fsp3) is 0. The van der Waals surface area contributed by atoms with Gasteiger partial charge in [-0.2, -0.15) is 0 Å². The van der Waals surface area contributed by atoms with Gasteiger partial charge in [0.05, 0.1) is 15.7 Å². The molecule has 28 heavy (non-hydrogen) atoms. The Morgan fingerprint density at radius 2 is 1.79 bits per heavy atom. The van der Waals surface area contributed by atoms with Crippen molar-refractivity contribution in [3.05, 3.63) is 73.2 Å². The molecule has 4 aromatic rings. The molecule has 1 amide bonds. The third kappa shape index (κ3) is 3.19. The van der Waals surface area contributed by atoms with Crippen molar-refractivity contribution in [2.45, 2.75) is 0 Å². The van der Waals surface area contributed by atoms with Crippen LogP contribution in [0.3, 0.4) is 0 Å². The Balaban J connectivity index is 2.05. The van der Waals surface area contributed by atoms with Gasteiger partial charge in [-0.05, 0) is 30.3 Å². The molecule has 0 aliphatic heterocycles. The number of amides is 1. The molecular weight excluding hydrogens is 469 g/mol. The fourth-order valence-corrected chi connectivity index (χ4v) is 3.31. The molecule has 0 atom stereocenters. The molecule has 0 fully saturated rings. The topological polar surface area (TPSA) is 107 Å². The Morgan fingerprint density at radius 3 is 2.43 bits per heavy atom. The largest absolute Gasteiger partial charge is 0.364 e. The number of imidazole rings is 1. The van der Waals surface area contributed by atoms with Gasteiger partial charge in [0.1, 0.15) is 5.52 Å². The highest BCUT2D eigenvalue weighted by Crippen LogP contribution is 2.27. The first kappa shape index (κ1) is 18.7. The maximum atomic E-state index is 12.6. The number of rotatable bonds is 3. The van der Waals surface area contributed by atoms with E-state index in [1.54, 1.807) is 24.3 Å². The molecule has 2 aromatic heterocycles. The minimum absolute atomic E-state index is 0.0844. The zero-order chi connectivity index (χ0) is 20.0. The highest BCUT2D eigenvalue weighted by Gasteiger charge is 2.20. The van der Waals surface area contributed by atoms with Gasteiger partial charge in [0.25, 0.3) is 5.91 Å². The van der Waals surface area contributed by atoms with Crippen LogP contribution in [0.2, 0.25) is 10.0 Å². The van der Waals surface area contributed by atoms with Crippen molar-refractivity contribution in [2.24, 2.45) is 5.73 Å². The summed E-state index contributed by atoms with van der Waals surface area (Å²) in [6.07, 6.45) is 0. The third-order valence-electron chi connectivity index (χ3n) is 4.03. The molecule has 0 unspecified atom stereocenters. The Hall–Kier alpha value is -2.68. The number of hydrogen-bond acceptors (Lipinski definition) is 4. The van der Waals surface area contributed by atoms with Gasteiger partial charge >= 0.3 is 5.69 Å². The molecule has 140 valence electrons. The lowest BCUT2D eigenvalue weighted by atomic mass is 10.2. The van der Waals surface area contributed by atoms with Crippen molar-refractivity contribution in [1.82, 2.24) is 19.5 Å². The van der Waals surface area contributed by atoms with Gasteiger partial charge in [0, 0.05) is 10.0 Å². The summed E-state index contributed by atoms with van der Waals surface area (Å²) in [6.45, 7) is 0. The number of nitrogens with zero attached hydrogens (tertiary/aromatic N) is 3. The number of carbonyl (C=O) groups excluding carboxylic acids is 1. The molecule has 2 heterocycles. The number of hydrogen-bond donors (Lipinski definition) is 2. The summed E-state index contributed by atoms with van der Waals surface area (Å²) in [4.78, 5) is 35.9. The molecule has 0 aliphatic carbocycles. The molecule has 0 spiro atoms. The van der Waals surface area contributed by atoms with Gasteiger partial charge < -0.3 is 10.7 Å². The number of benzene rings is 2. The minimum atomic E-state index is -0.784. The standard InChI is InChI=1S/C18H10BrCl2N5O2/c19-9-3-1-8(2-4-9)16-23-13(15(22)27)14-17(25-16)26(18(28)24-14)10-5-6-11(20)12(21)7-10/h1-7H,(H2,22,27)(H,24,28). The van der Waals surface area contributed by atoms with E-state index >= 15 is 0 Å². The predicted octanol–water partition coefficient (Wildman–Crippen LogP) is 3.94. The average Bonchev–Trinajstić information content (AvgIpc) is 2.99. The number of fused-ring (bicyclic) bond motifs is 1. The molecule has 3 N–H and O–H groups in total. The van der Waals surface area contributed by atoms with E-state index in [-0.39, 0.29) is 27.7 Å². The lowest BCUT2D eigenvalue weighted by Gasteiger charge is -2.07. The normalized spacial score (nSPS) is 11.1. The number of primary amides is 1. The lowest BCUT2D eigenvalue weighted by molar-refractivity contribution is 0.0997. The van der Waals surface area contributed by atoms with E-state index in [4.69, 9.17) is 28.9 Å². The molecule has 4 rings (SSSR count). The number of carbonyl (C=O) groups is 1. The lowest BCUT2D eigenvalue weighted by Crippen LogP contribution is -2.15. The van der Waals surface area contributed by atoms with Gasteiger partial charge in [0.15, 0.2) is 17.2 Å². The number of nitrogens with two attached hydrogens (primary N) is 1. The summed E-state index contributed by atoms with van der Waals surface area (Å²) >= 11 is 15.4. The van der Waals surface area contributed by atoms with Crippen molar-refractivity contribution in [2.75, 3.05) is 0 Å². The first-order chi connectivity index (χ1) is 13.3. The van der Waals surface area contributed by atoms with Gasteiger partial charge in [-0.1, -0.05) is 51.3 Å². The molecule has 0 bridgehead atoms. The number of halogens is 3. The van der Waals surface area contributed by atoms with Crippen LogP contribution in [0, 0.1) is 0 Å². The van der Waals surface area contributed by atoms with Crippen molar-refractivity contribution in [3.63, 3.8) is 0 Å². The molecule has 0 saturated heterocycles. The first-order valence-electron chi connectivity index (χ1n) is 7.89. The van der Waals surface area contributed by atoms with Crippen LogP contribution in [0.4, 0.5) is 0 Å². The molecule has 0 radical (unpaired) electrons. The monoisotopic (exact) mass is 477 g/mol. The van der Waals surface area contributed by atoms with E-state index in [0.29, 0.717) is 16.3 Å². The third-order valence-corrected chi connectivity index (χ3v) is 5.30. The second-order valence-electron chi connectivity index (χ2n) is 5.83. The van der Waals surface area contributed by atoms with Gasteiger partial charge in [-0.15, -0.1) is 0 Å². The predicted molar refractivity (Wildman–Crippen MR) is 111 cm³/mol. The Bertz CT molecular complexity index is 1300. The van der Waals surface area contributed by atoms with Crippen LogP contribution in [0.5, 0.6) is 0 Å². The summed E-state index contributed by atoms with van der Waals surface area (Å²) in [7, 11) is 0. The maximum absolute atomic E-state index is 12.6. The van der Waals surface area contributed by atoms with E-state index in [0.717, 1.165) is 4.47 Å². The van der Waals surface area contributed by atoms with Crippen LogP contribution in [-0.2, 0) is 0 Å². The first-order valence-corrected chi connectivity index (χ1v) is 9.44. The fourth-order valence-electron chi connectivity index (χ4n) is 2.75. The van der Waals surface area contributed by atoms with E-state index < -0.39 is 11.6 Å². The smallest absolute Gasteiger partial charge is 0.332 e.